The maximum absolute atomic E-state index is 6.65. The first-order valence-corrected chi connectivity index (χ1v) is 12.0. The summed E-state index contributed by atoms with van der Waals surface area (Å²) in [6, 6.07) is 13.9. The molecule has 0 unspecified atom stereocenters. The van der Waals surface area contributed by atoms with E-state index in [1.54, 1.807) is 0 Å². The van der Waals surface area contributed by atoms with Gasteiger partial charge in [-0.3, -0.25) is 4.90 Å². The molecular formula is C25H28ClN5O2. The summed E-state index contributed by atoms with van der Waals surface area (Å²) >= 11 is 6.07. The summed E-state index contributed by atoms with van der Waals surface area (Å²) in [5.74, 6) is 2.99. The number of benzene rings is 2. The second-order valence-electron chi connectivity index (χ2n) is 8.98. The molecule has 1 saturated carbocycles. The Balaban J connectivity index is 1.19. The number of nitrogen functional groups attached to an aromatic ring is 1. The number of rotatable bonds is 5. The van der Waals surface area contributed by atoms with Crippen molar-refractivity contribution in [2.45, 2.75) is 25.3 Å². The molecule has 3 aromatic rings. The van der Waals surface area contributed by atoms with Gasteiger partial charge in [0.1, 0.15) is 19.0 Å². The van der Waals surface area contributed by atoms with Crippen LogP contribution in [0.15, 0.2) is 42.5 Å². The summed E-state index contributed by atoms with van der Waals surface area (Å²) in [6.45, 7) is 5.82. The summed E-state index contributed by atoms with van der Waals surface area (Å²) in [6.07, 6.45) is 2.39. The fraction of sp³-hybridized carbons (Fsp3) is 0.400. The van der Waals surface area contributed by atoms with Gasteiger partial charge >= 0.3 is 0 Å². The van der Waals surface area contributed by atoms with Gasteiger partial charge in [0.2, 0.25) is 0 Å². The number of piperazine rings is 1. The second kappa shape index (κ2) is 8.47. The smallest absolute Gasteiger partial charge is 0.184 e. The van der Waals surface area contributed by atoms with Crippen molar-refractivity contribution in [2.75, 3.05) is 50.0 Å². The quantitative estimate of drug-likeness (QED) is 0.612. The van der Waals surface area contributed by atoms with Gasteiger partial charge in [-0.1, -0.05) is 17.7 Å². The van der Waals surface area contributed by atoms with Crippen LogP contribution >= 0.6 is 11.6 Å². The van der Waals surface area contributed by atoms with Gasteiger partial charge < -0.3 is 20.1 Å². The van der Waals surface area contributed by atoms with Crippen LogP contribution in [0.3, 0.4) is 0 Å². The van der Waals surface area contributed by atoms with Crippen molar-refractivity contribution in [1.82, 2.24) is 14.7 Å². The topological polar surface area (TPSA) is 68.8 Å². The summed E-state index contributed by atoms with van der Waals surface area (Å²) in [4.78, 5) is 4.88. The van der Waals surface area contributed by atoms with Crippen LogP contribution in [0.1, 0.15) is 30.0 Å². The highest BCUT2D eigenvalue weighted by atomic mass is 35.5. The molecule has 0 amide bonds. The van der Waals surface area contributed by atoms with Gasteiger partial charge in [-0.05, 0) is 49.2 Å². The van der Waals surface area contributed by atoms with Crippen LogP contribution in [0.5, 0.6) is 11.5 Å². The molecule has 33 heavy (non-hydrogen) atoms. The minimum atomic E-state index is 0.533. The first kappa shape index (κ1) is 20.7. The average molecular weight is 466 g/mol. The maximum Gasteiger partial charge on any atom is 0.184 e. The Bertz CT molecular complexity index is 1150. The van der Waals surface area contributed by atoms with E-state index in [0.717, 1.165) is 67.1 Å². The highest BCUT2D eigenvalue weighted by Gasteiger charge is 2.33. The molecule has 2 aliphatic heterocycles. The molecule has 7 nitrogen and oxygen atoms in total. The predicted molar refractivity (Wildman–Crippen MR) is 130 cm³/mol. The van der Waals surface area contributed by atoms with E-state index >= 15 is 0 Å². The third-order valence-electron chi connectivity index (χ3n) is 6.73. The summed E-state index contributed by atoms with van der Waals surface area (Å²) in [7, 11) is 0. The number of ether oxygens (including phenoxy) is 2. The normalized spacial score (nSPS) is 18.5. The van der Waals surface area contributed by atoms with E-state index in [1.165, 1.54) is 18.4 Å². The Hall–Kier alpha value is -2.90. The minimum Gasteiger partial charge on any atom is -0.486 e. The molecule has 0 bridgehead atoms. The lowest BCUT2D eigenvalue weighted by molar-refractivity contribution is 0.171. The molecule has 8 heteroatoms. The van der Waals surface area contributed by atoms with E-state index in [4.69, 9.17) is 31.9 Å². The molecule has 172 valence electrons. The van der Waals surface area contributed by atoms with Gasteiger partial charge in [-0.15, -0.1) is 0 Å². The van der Waals surface area contributed by atoms with Crippen LogP contribution in [0.25, 0.3) is 5.69 Å². The molecule has 2 aromatic carbocycles. The van der Waals surface area contributed by atoms with Crippen LogP contribution in [-0.4, -0.2) is 54.1 Å². The highest BCUT2D eigenvalue weighted by molar-refractivity contribution is 6.30. The molecule has 1 aromatic heterocycles. The lowest BCUT2D eigenvalue weighted by Gasteiger charge is -2.37. The molecule has 3 heterocycles. The number of halogens is 1. The van der Waals surface area contributed by atoms with Gasteiger partial charge in [0.15, 0.2) is 11.5 Å². The predicted octanol–water partition coefficient (Wildman–Crippen LogP) is 4.08. The summed E-state index contributed by atoms with van der Waals surface area (Å²) < 4.78 is 13.6. The molecule has 3 aliphatic rings. The Kier molecular flexibility index (Phi) is 5.31. The van der Waals surface area contributed by atoms with Gasteiger partial charge in [0.25, 0.3) is 0 Å². The van der Waals surface area contributed by atoms with Gasteiger partial charge in [0.05, 0.1) is 17.1 Å². The Morgan fingerprint density at radius 2 is 1.73 bits per heavy atom. The van der Waals surface area contributed by atoms with Gasteiger partial charge in [0, 0.05) is 49.2 Å². The lowest BCUT2D eigenvalue weighted by Crippen LogP contribution is -2.46. The largest absolute Gasteiger partial charge is 0.486 e. The molecule has 1 aliphatic carbocycles. The lowest BCUT2D eigenvalue weighted by atomic mass is 10.1. The number of aromatic nitrogens is 2. The molecule has 0 spiro atoms. The summed E-state index contributed by atoms with van der Waals surface area (Å²) in [5.41, 5.74) is 11.1. The number of para-hydroxylation sites is 1. The average Bonchev–Trinajstić information content (AvgIpc) is 3.65. The fourth-order valence-corrected chi connectivity index (χ4v) is 4.91. The van der Waals surface area contributed by atoms with Crippen molar-refractivity contribution in [2.24, 2.45) is 0 Å². The number of hydrogen-bond donors (Lipinski definition) is 1. The van der Waals surface area contributed by atoms with E-state index in [1.807, 2.05) is 41.1 Å². The van der Waals surface area contributed by atoms with Crippen molar-refractivity contribution >= 4 is 23.1 Å². The SMILES string of the molecule is Nc1c(CN2CCN(c3cccc4c3OCCO4)CC2)c(C2CC2)nn1-c1ccc(Cl)cc1. The third-order valence-corrected chi connectivity index (χ3v) is 6.98. The molecule has 0 atom stereocenters. The number of nitrogens with zero attached hydrogens (tertiary/aromatic N) is 4. The standard InChI is InChI=1S/C25H28ClN5O2/c26-18-6-8-19(9-7-18)31-25(27)20(23(28-31)17-4-5-17)16-29-10-12-30(13-11-29)21-2-1-3-22-24(21)33-15-14-32-22/h1-3,6-9,17H,4-5,10-16,27H2. The number of fused-ring (bicyclic) bond motifs is 1. The zero-order valence-electron chi connectivity index (χ0n) is 18.5. The van der Waals surface area contributed by atoms with E-state index in [-0.39, 0.29) is 0 Å². The third kappa shape index (κ3) is 4.00. The van der Waals surface area contributed by atoms with E-state index in [2.05, 4.69) is 15.9 Å². The van der Waals surface area contributed by atoms with Crippen LogP contribution in [0.2, 0.25) is 5.02 Å². The van der Waals surface area contributed by atoms with Crippen LogP contribution in [0.4, 0.5) is 11.5 Å². The molecule has 0 radical (unpaired) electrons. The minimum absolute atomic E-state index is 0.533. The van der Waals surface area contributed by atoms with Gasteiger partial charge in [-0.2, -0.15) is 5.10 Å². The Morgan fingerprint density at radius 1 is 0.970 bits per heavy atom. The zero-order valence-corrected chi connectivity index (χ0v) is 19.3. The van der Waals surface area contributed by atoms with Crippen molar-refractivity contribution in [3.63, 3.8) is 0 Å². The molecule has 2 fully saturated rings. The van der Waals surface area contributed by atoms with E-state index < -0.39 is 0 Å². The number of anilines is 2. The molecular weight excluding hydrogens is 438 g/mol. The first-order chi connectivity index (χ1) is 16.2. The van der Waals surface area contributed by atoms with Crippen LogP contribution < -0.4 is 20.1 Å². The number of hydrogen-bond acceptors (Lipinski definition) is 6. The second-order valence-corrected chi connectivity index (χ2v) is 9.41. The van der Waals surface area contributed by atoms with Crippen LogP contribution in [0, 0.1) is 0 Å². The molecule has 2 N–H and O–H groups in total. The Morgan fingerprint density at radius 3 is 2.48 bits per heavy atom. The van der Waals surface area contributed by atoms with Crippen molar-refractivity contribution < 1.29 is 9.47 Å². The zero-order chi connectivity index (χ0) is 22.4. The first-order valence-electron chi connectivity index (χ1n) is 11.7. The fourth-order valence-electron chi connectivity index (χ4n) is 4.78. The molecule has 1 saturated heterocycles. The highest BCUT2D eigenvalue weighted by Crippen LogP contribution is 2.43. The van der Waals surface area contributed by atoms with Crippen molar-refractivity contribution in [3.05, 3.63) is 58.7 Å². The van der Waals surface area contributed by atoms with E-state index in [0.29, 0.717) is 24.2 Å². The van der Waals surface area contributed by atoms with E-state index in [9.17, 15) is 0 Å². The van der Waals surface area contributed by atoms with Crippen molar-refractivity contribution in [3.8, 4) is 17.2 Å². The van der Waals surface area contributed by atoms with Gasteiger partial charge in [-0.25, -0.2) is 4.68 Å². The monoisotopic (exact) mass is 465 g/mol. The summed E-state index contributed by atoms with van der Waals surface area (Å²) in [5, 5.41) is 5.64. The van der Waals surface area contributed by atoms with Crippen molar-refractivity contribution in [1.29, 1.82) is 0 Å². The van der Waals surface area contributed by atoms with Crippen LogP contribution in [-0.2, 0) is 6.54 Å². The molecule has 6 rings (SSSR count). The number of nitrogens with two attached hydrogens (primary N) is 1. The Labute approximate surface area is 198 Å². The maximum atomic E-state index is 6.65.